The van der Waals surface area contributed by atoms with Crippen LogP contribution in [-0.4, -0.2) is 18.3 Å². The molecule has 1 heterocycles. The maximum atomic E-state index is 11.6. The summed E-state index contributed by atoms with van der Waals surface area (Å²) in [5, 5.41) is 13.8. The van der Waals surface area contributed by atoms with Crippen LogP contribution in [0.3, 0.4) is 0 Å². The Morgan fingerprint density at radius 1 is 0.917 bits per heavy atom. The second-order valence-electron chi connectivity index (χ2n) is 13.6. The van der Waals surface area contributed by atoms with Crippen LogP contribution in [0.5, 0.6) is 17.2 Å². The molecule has 2 unspecified atom stereocenters. The Morgan fingerprint density at radius 2 is 1.64 bits per heavy atom. The minimum atomic E-state index is -0.0961. The van der Waals surface area contributed by atoms with Crippen LogP contribution in [0.25, 0.3) is 21.9 Å². The number of ether oxygens (including phenoxy) is 2. The van der Waals surface area contributed by atoms with Crippen molar-refractivity contribution in [2.24, 2.45) is 10.8 Å². The molecule has 3 heteroatoms. The van der Waals surface area contributed by atoms with E-state index >= 15 is 0 Å². The molecule has 2 atom stereocenters. The van der Waals surface area contributed by atoms with E-state index in [-0.39, 0.29) is 22.3 Å². The van der Waals surface area contributed by atoms with Crippen LogP contribution in [0, 0.1) is 10.8 Å². The summed E-state index contributed by atoms with van der Waals surface area (Å²) in [6, 6.07) is 13.2. The molecule has 4 aliphatic rings. The van der Waals surface area contributed by atoms with Crippen LogP contribution in [0.1, 0.15) is 95.2 Å². The Morgan fingerprint density at radius 3 is 2.39 bits per heavy atom. The van der Waals surface area contributed by atoms with Gasteiger partial charge in [0.15, 0.2) is 11.5 Å². The molecular formula is C33H38O3. The normalized spacial score (nSPS) is 26.1. The van der Waals surface area contributed by atoms with Crippen LogP contribution in [0.4, 0.5) is 0 Å². The topological polar surface area (TPSA) is 38.7 Å². The minimum absolute atomic E-state index is 0.0961. The van der Waals surface area contributed by atoms with Crippen LogP contribution < -0.4 is 9.47 Å². The second kappa shape index (κ2) is 7.21. The largest absolute Gasteiger partial charge is 0.507 e. The molecule has 2 fully saturated rings. The van der Waals surface area contributed by atoms with Gasteiger partial charge in [0.25, 0.3) is 0 Å². The van der Waals surface area contributed by atoms with E-state index in [0.29, 0.717) is 11.7 Å². The van der Waals surface area contributed by atoms with Crippen molar-refractivity contribution in [1.82, 2.24) is 0 Å². The van der Waals surface area contributed by atoms with Crippen molar-refractivity contribution in [1.29, 1.82) is 0 Å². The number of aromatic hydroxyl groups is 1. The molecular weight excluding hydrogens is 444 g/mol. The molecule has 0 bridgehead atoms. The number of benzene rings is 3. The molecule has 1 spiro atoms. The smallest absolute Gasteiger partial charge is 0.165 e. The molecule has 7 rings (SSSR count). The number of hydrogen-bond acceptors (Lipinski definition) is 3. The molecule has 1 aliphatic heterocycles. The SMILES string of the molecule is COc1cc2c(O)cc3c(c2c2c1OC1CCCCC21)-c1ccccc1C31CC(C)(C)CC(C)(C)C1. The lowest BCUT2D eigenvalue weighted by Gasteiger charge is -2.51. The van der Waals surface area contributed by atoms with Gasteiger partial charge >= 0.3 is 0 Å². The maximum Gasteiger partial charge on any atom is 0.165 e. The van der Waals surface area contributed by atoms with E-state index in [1.807, 2.05) is 6.07 Å². The Balaban J connectivity index is 1.61. The predicted octanol–water partition coefficient (Wildman–Crippen LogP) is 8.48. The quantitative estimate of drug-likeness (QED) is 0.378. The van der Waals surface area contributed by atoms with Gasteiger partial charge in [-0.15, -0.1) is 0 Å². The van der Waals surface area contributed by atoms with E-state index in [2.05, 4.69) is 58.0 Å². The molecule has 3 aliphatic carbocycles. The summed E-state index contributed by atoms with van der Waals surface area (Å²) >= 11 is 0. The van der Waals surface area contributed by atoms with E-state index in [0.717, 1.165) is 42.6 Å². The first-order chi connectivity index (χ1) is 17.1. The average Bonchev–Trinajstić information content (AvgIpc) is 3.31. The molecule has 2 saturated carbocycles. The van der Waals surface area contributed by atoms with E-state index in [4.69, 9.17) is 9.47 Å². The molecule has 3 aromatic rings. The van der Waals surface area contributed by atoms with E-state index in [1.54, 1.807) is 7.11 Å². The molecule has 0 saturated heterocycles. The highest BCUT2D eigenvalue weighted by Crippen LogP contribution is 2.66. The van der Waals surface area contributed by atoms with Gasteiger partial charge in [0, 0.05) is 27.7 Å². The maximum absolute atomic E-state index is 11.6. The number of hydrogen-bond donors (Lipinski definition) is 1. The van der Waals surface area contributed by atoms with Crippen molar-refractivity contribution < 1.29 is 14.6 Å². The molecule has 3 nitrogen and oxygen atoms in total. The van der Waals surface area contributed by atoms with Crippen LogP contribution in [0.15, 0.2) is 36.4 Å². The first-order valence-electron chi connectivity index (χ1n) is 13.8. The second-order valence-corrected chi connectivity index (χ2v) is 13.6. The number of rotatable bonds is 1. The highest BCUT2D eigenvalue weighted by molar-refractivity contribution is 6.09. The third kappa shape index (κ3) is 2.92. The molecule has 1 N–H and O–H groups in total. The molecule has 0 aromatic heterocycles. The number of phenolic OH excluding ortho intramolecular Hbond substituents is 1. The zero-order chi connectivity index (χ0) is 25.0. The molecule has 188 valence electrons. The zero-order valence-corrected chi connectivity index (χ0v) is 22.3. The summed E-state index contributed by atoms with van der Waals surface area (Å²) in [4.78, 5) is 0. The third-order valence-electron chi connectivity index (χ3n) is 9.67. The minimum Gasteiger partial charge on any atom is -0.507 e. The fourth-order valence-electron chi connectivity index (χ4n) is 9.32. The standard InChI is InChI=1S/C33H38O3/c1-31(2)16-32(3,4)18-33(17-31)22-12-8-6-10-19(22)27-23(33)15-24(34)21-14-26(35-5)30-29(28(21)27)20-11-7-9-13-25(20)36-30/h6,8,10,12,14-15,20,25,34H,7,9,11,13,16-18H2,1-5H3. The van der Waals surface area contributed by atoms with Crippen molar-refractivity contribution in [2.75, 3.05) is 7.11 Å². The van der Waals surface area contributed by atoms with Crippen molar-refractivity contribution in [3.8, 4) is 28.4 Å². The summed E-state index contributed by atoms with van der Waals surface area (Å²) in [5.74, 6) is 2.40. The van der Waals surface area contributed by atoms with Gasteiger partial charge < -0.3 is 14.6 Å². The Labute approximate surface area is 214 Å². The number of fused-ring (bicyclic) bond motifs is 11. The summed E-state index contributed by atoms with van der Waals surface area (Å²) in [5.41, 5.74) is 7.04. The van der Waals surface area contributed by atoms with E-state index < -0.39 is 0 Å². The Bertz CT molecular complexity index is 1400. The summed E-state index contributed by atoms with van der Waals surface area (Å²) in [7, 11) is 1.72. The van der Waals surface area contributed by atoms with Gasteiger partial charge in [-0.05, 0) is 83.7 Å². The third-order valence-corrected chi connectivity index (χ3v) is 9.67. The summed E-state index contributed by atoms with van der Waals surface area (Å²) < 4.78 is 12.5. The lowest BCUT2D eigenvalue weighted by atomic mass is 9.52. The van der Waals surface area contributed by atoms with Crippen molar-refractivity contribution in [2.45, 2.75) is 90.1 Å². The number of phenols is 1. The molecule has 36 heavy (non-hydrogen) atoms. The van der Waals surface area contributed by atoms with Crippen LogP contribution >= 0.6 is 0 Å². The monoisotopic (exact) mass is 482 g/mol. The lowest BCUT2D eigenvalue weighted by Crippen LogP contribution is -2.43. The van der Waals surface area contributed by atoms with Crippen molar-refractivity contribution in [3.63, 3.8) is 0 Å². The summed E-state index contributed by atoms with van der Waals surface area (Å²) in [6.45, 7) is 9.72. The van der Waals surface area contributed by atoms with Gasteiger partial charge in [-0.25, -0.2) is 0 Å². The van der Waals surface area contributed by atoms with Gasteiger partial charge in [-0.3, -0.25) is 0 Å². The van der Waals surface area contributed by atoms with Gasteiger partial charge in [0.2, 0.25) is 0 Å². The predicted molar refractivity (Wildman–Crippen MR) is 145 cm³/mol. The Hall–Kier alpha value is -2.68. The van der Waals surface area contributed by atoms with Crippen LogP contribution in [-0.2, 0) is 5.41 Å². The number of methoxy groups -OCH3 is 1. The lowest BCUT2D eigenvalue weighted by molar-refractivity contribution is 0.0645. The highest BCUT2D eigenvalue weighted by Gasteiger charge is 2.54. The molecule has 0 radical (unpaired) electrons. The van der Waals surface area contributed by atoms with Gasteiger partial charge in [-0.1, -0.05) is 58.4 Å². The first kappa shape index (κ1) is 22.5. The summed E-state index contributed by atoms with van der Waals surface area (Å²) in [6.07, 6.45) is 8.29. The van der Waals surface area contributed by atoms with Crippen LogP contribution in [0.2, 0.25) is 0 Å². The van der Waals surface area contributed by atoms with E-state index in [1.165, 1.54) is 52.5 Å². The van der Waals surface area contributed by atoms with Crippen molar-refractivity contribution >= 4 is 10.8 Å². The average molecular weight is 483 g/mol. The van der Waals surface area contributed by atoms with E-state index in [9.17, 15) is 5.11 Å². The fourth-order valence-corrected chi connectivity index (χ4v) is 9.32. The highest BCUT2D eigenvalue weighted by atomic mass is 16.5. The fraction of sp³-hybridized carbons (Fsp3) is 0.515. The van der Waals surface area contributed by atoms with Crippen molar-refractivity contribution in [3.05, 3.63) is 53.1 Å². The van der Waals surface area contributed by atoms with Gasteiger partial charge in [0.05, 0.1) is 7.11 Å². The zero-order valence-electron chi connectivity index (χ0n) is 22.3. The molecule has 0 amide bonds. The van der Waals surface area contributed by atoms with Gasteiger partial charge in [-0.2, -0.15) is 0 Å². The van der Waals surface area contributed by atoms with Gasteiger partial charge in [0.1, 0.15) is 11.9 Å². The first-order valence-corrected chi connectivity index (χ1v) is 13.8. The Kier molecular flexibility index (Phi) is 4.51. The molecule has 3 aromatic carbocycles.